The minimum atomic E-state index is 0.0377. The van der Waals surface area contributed by atoms with Crippen molar-refractivity contribution in [3.8, 4) is 0 Å². The largest absolute Gasteiger partial charge is 0.298 e. The van der Waals surface area contributed by atoms with E-state index >= 15 is 0 Å². The van der Waals surface area contributed by atoms with Gasteiger partial charge in [0.1, 0.15) is 5.78 Å². The Kier molecular flexibility index (Phi) is 9.70. The van der Waals surface area contributed by atoms with Crippen molar-refractivity contribution in [2.24, 2.45) is 0 Å². The third-order valence-electron chi connectivity index (χ3n) is 3.65. The molecule has 0 N–H and O–H groups in total. The van der Waals surface area contributed by atoms with Gasteiger partial charge in [0.15, 0.2) is 0 Å². The summed E-state index contributed by atoms with van der Waals surface area (Å²) in [6.07, 6.45) is 9.13. The van der Waals surface area contributed by atoms with Crippen LogP contribution in [-0.2, 0) is 4.79 Å². The van der Waals surface area contributed by atoms with E-state index < -0.39 is 0 Å². The Morgan fingerprint density at radius 2 is 1.78 bits per heavy atom. The predicted molar refractivity (Wildman–Crippen MR) is 103 cm³/mol. The maximum absolute atomic E-state index is 12.4. The van der Waals surface area contributed by atoms with E-state index in [0.29, 0.717) is 12.2 Å². The molecule has 1 unspecified atom stereocenters. The first-order valence-electron chi connectivity index (χ1n) is 8.56. The van der Waals surface area contributed by atoms with E-state index in [9.17, 15) is 4.79 Å². The Labute approximate surface area is 146 Å². The Morgan fingerprint density at radius 3 is 2.39 bits per heavy atom. The number of hydrogen-bond acceptors (Lipinski definition) is 2. The maximum Gasteiger partial charge on any atom is 0.146 e. The number of ketones is 1. The van der Waals surface area contributed by atoms with E-state index in [2.05, 4.69) is 52.0 Å². The molecule has 1 rings (SSSR count). The fourth-order valence-electron chi connectivity index (χ4n) is 2.31. The molecule has 0 bridgehead atoms. The summed E-state index contributed by atoms with van der Waals surface area (Å²) in [4.78, 5) is 13.6. The third-order valence-corrected chi connectivity index (χ3v) is 4.93. The van der Waals surface area contributed by atoms with Crippen LogP contribution >= 0.6 is 11.8 Å². The van der Waals surface area contributed by atoms with Crippen molar-refractivity contribution >= 4 is 17.5 Å². The standard InChI is InChI=1S/C21H30OS/c1-5-10-20(22)21(23-19-13-7-6-8-14-19)16-15-18(4)12-9-11-17(2)3/h6-8,11,13-15,21H,5,9-10,12,16H2,1-4H3. The quantitative estimate of drug-likeness (QED) is 0.355. The first-order chi connectivity index (χ1) is 11.0. The lowest BCUT2D eigenvalue weighted by Gasteiger charge is -2.14. The highest BCUT2D eigenvalue weighted by Crippen LogP contribution is 2.28. The molecule has 2 heteroatoms. The molecule has 1 nitrogen and oxygen atoms in total. The molecule has 1 aromatic rings. The van der Waals surface area contributed by atoms with Crippen molar-refractivity contribution in [3.63, 3.8) is 0 Å². The zero-order valence-corrected chi connectivity index (χ0v) is 15.8. The van der Waals surface area contributed by atoms with E-state index in [1.165, 1.54) is 16.0 Å². The van der Waals surface area contributed by atoms with Crippen LogP contribution in [0.15, 0.2) is 58.5 Å². The van der Waals surface area contributed by atoms with Crippen LogP contribution in [0.1, 0.15) is 59.8 Å². The third kappa shape index (κ3) is 8.80. The van der Waals surface area contributed by atoms with E-state index in [4.69, 9.17) is 0 Å². The summed E-state index contributed by atoms with van der Waals surface area (Å²) in [6, 6.07) is 10.2. The summed E-state index contributed by atoms with van der Waals surface area (Å²) >= 11 is 1.70. The van der Waals surface area contributed by atoms with Crippen molar-refractivity contribution in [1.82, 2.24) is 0 Å². The van der Waals surface area contributed by atoms with Gasteiger partial charge in [-0.25, -0.2) is 0 Å². The number of Topliss-reactive ketones (excluding diaryl/α,β-unsaturated/α-hetero) is 1. The van der Waals surface area contributed by atoms with Gasteiger partial charge in [-0.05, 0) is 58.6 Å². The lowest BCUT2D eigenvalue weighted by Crippen LogP contribution is -2.16. The van der Waals surface area contributed by atoms with Crippen molar-refractivity contribution in [1.29, 1.82) is 0 Å². The Morgan fingerprint density at radius 1 is 1.09 bits per heavy atom. The van der Waals surface area contributed by atoms with Gasteiger partial charge in [-0.3, -0.25) is 4.79 Å². The summed E-state index contributed by atoms with van der Waals surface area (Å²) in [5.41, 5.74) is 2.75. The summed E-state index contributed by atoms with van der Waals surface area (Å²) in [5.74, 6) is 0.370. The van der Waals surface area contributed by atoms with Crippen molar-refractivity contribution in [2.45, 2.75) is 69.9 Å². The lowest BCUT2D eigenvalue weighted by molar-refractivity contribution is -0.118. The molecule has 0 amide bonds. The molecule has 0 spiro atoms. The minimum Gasteiger partial charge on any atom is -0.298 e. The SMILES string of the molecule is CCCC(=O)C(CC=C(C)CCC=C(C)C)Sc1ccccc1. The number of benzene rings is 1. The Hall–Kier alpha value is -1.28. The number of carbonyl (C=O) groups is 1. The number of allylic oxidation sites excluding steroid dienone is 4. The number of carbonyl (C=O) groups excluding carboxylic acids is 1. The molecule has 23 heavy (non-hydrogen) atoms. The second-order valence-corrected chi connectivity index (χ2v) is 7.52. The maximum atomic E-state index is 12.4. The molecule has 0 saturated heterocycles. The van der Waals surface area contributed by atoms with Gasteiger partial charge in [0.05, 0.1) is 5.25 Å². The van der Waals surface area contributed by atoms with Gasteiger partial charge in [-0.15, -0.1) is 11.8 Å². The van der Waals surface area contributed by atoms with Gasteiger partial charge in [0, 0.05) is 11.3 Å². The second-order valence-electron chi connectivity index (χ2n) is 6.24. The Balaban J connectivity index is 2.65. The number of thioether (sulfide) groups is 1. The minimum absolute atomic E-state index is 0.0377. The molecule has 1 aromatic carbocycles. The smallest absolute Gasteiger partial charge is 0.146 e. The summed E-state index contributed by atoms with van der Waals surface area (Å²) in [5, 5.41) is 0.0377. The molecule has 0 aromatic heterocycles. The molecule has 1 atom stereocenters. The summed E-state index contributed by atoms with van der Waals surface area (Å²) in [6.45, 7) is 8.51. The average Bonchev–Trinajstić information content (AvgIpc) is 2.52. The van der Waals surface area contributed by atoms with Crippen LogP contribution in [0.25, 0.3) is 0 Å². The van der Waals surface area contributed by atoms with Gasteiger partial charge in [0.25, 0.3) is 0 Å². The number of rotatable bonds is 10. The number of hydrogen-bond donors (Lipinski definition) is 0. The first kappa shape index (κ1) is 19.8. The lowest BCUT2D eigenvalue weighted by atomic mass is 10.1. The molecule has 0 radical (unpaired) electrons. The van der Waals surface area contributed by atoms with Gasteiger partial charge in [-0.2, -0.15) is 0 Å². The van der Waals surface area contributed by atoms with Gasteiger partial charge in [0.2, 0.25) is 0 Å². The molecule has 0 heterocycles. The van der Waals surface area contributed by atoms with E-state index in [0.717, 1.165) is 25.7 Å². The van der Waals surface area contributed by atoms with Crippen molar-refractivity contribution in [3.05, 3.63) is 53.6 Å². The highest BCUT2D eigenvalue weighted by Gasteiger charge is 2.17. The van der Waals surface area contributed by atoms with Crippen LogP contribution in [0.5, 0.6) is 0 Å². The van der Waals surface area contributed by atoms with Crippen LogP contribution in [0, 0.1) is 0 Å². The van der Waals surface area contributed by atoms with E-state index in [1.807, 2.05) is 18.2 Å². The molecular weight excluding hydrogens is 300 g/mol. The zero-order chi connectivity index (χ0) is 17.1. The molecule has 0 aliphatic rings. The van der Waals surface area contributed by atoms with E-state index in [-0.39, 0.29) is 5.25 Å². The van der Waals surface area contributed by atoms with Crippen molar-refractivity contribution < 1.29 is 4.79 Å². The highest BCUT2D eigenvalue weighted by molar-refractivity contribution is 8.00. The fourth-order valence-corrected chi connectivity index (χ4v) is 3.40. The van der Waals surface area contributed by atoms with Gasteiger partial charge >= 0.3 is 0 Å². The first-order valence-corrected chi connectivity index (χ1v) is 9.44. The Bertz CT molecular complexity index is 524. The molecule has 0 aliphatic heterocycles. The topological polar surface area (TPSA) is 17.1 Å². The van der Waals surface area contributed by atoms with Crippen LogP contribution in [0.4, 0.5) is 0 Å². The highest BCUT2D eigenvalue weighted by atomic mass is 32.2. The monoisotopic (exact) mass is 330 g/mol. The molecule has 0 fully saturated rings. The van der Waals surface area contributed by atoms with Gasteiger partial charge < -0.3 is 0 Å². The molecule has 0 saturated carbocycles. The zero-order valence-electron chi connectivity index (χ0n) is 15.0. The summed E-state index contributed by atoms with van der Waals surface area (Å²) in [7, 11) is 0. The molecule has 126 valence electrons. The normalized spacial score (nSPS) is 12.8. The van der Waals surface area contributed by atoms with Crippen LogP contribution in [0.3, 0.4) is 0 Å². The van der Waals surface area contributed by atoms with Crippen LogP contribution in [0.2, 0.25) is 0 Å². The predicted octanol–water partition coefficient (Wildman–Crippen LogP) is 6.60. The molecular formula is C21H30OS. The van der Waals surface area contributed by atoms with E-state index in [1.54, 1.807) is 11.8 Å². The molecule has 0 aliphatic carbocycles. The van der Waals surface area contributed by atoms with Crippen LogP contribution < -0.4 is 0 Å². The fraction of sp³-hybridized carbons (Fsp3) is 0.476. The second kappa shape index (κ2) is 11.3. The van der Waals surface area contributed by atoms with Crippen LogP contribution in [-0.4, -0.2) is 11.0 Å². The van der Waals surface area contributed by atoms with Gasteiger partial charge in [-0.1, -0.05) is 48.4 Å². The summed E-state index contributed by atoms with van der Waals surface area (Å²) < 4.78 is 0. The van der Waals surface area contributed by atoms with Crippen molar-refractivity contribution in [2.75, 3.05) is 0 Å². The average molecular weight is 331 g/mol.